The van der Waals surface area contributed by atoms with E-state index in [0.29, 0.717) is 39.9 Å². The van der Waals surface area contributed by atoms with Crippen molar-refractivity contribution in [3.63, 3.8) is 0 Å². The van der Waals surface area contributed by atoms with Gasteiger partial charge in [-0.15, -0.1) is 11.3 Å². The fourth-order valence-corrected chi connectivity index (χ4v) is 5.88. The molecular formula is C23H22F3N3O2S. The third kappa shape index (κ3) is 4.06. The number of nitrogens with one attached hydrogen (secondary N) is 1. The third-order valence-corrected chi connectivity index (χ3v) is 7.45. The summed E-state index contributed by atoms with van der Waals surface area (Å²) in [6, 6.07) is 10.5. The third-order valence-electron chi connectivity index (χ3n) is 6.34. The van der Waals surface area contributed by atoms with Crippen LogP contribution in [0.25, 0.3) is 10.1 Å². The van der Waals surface area contributed by atoms with E-state index < -0.39 is 11.7 Å². The second-order valence-corrected chi connectivity index (χ2v) is 9.66. The average Bonchev–Trinajstić information content (AvgIpc) is 3.17. The summed E-state index contributed by atoms with van der Waals surface area (Å²) in [5.74, 6) is 0.467. The number of benzene rings is 1. The summed E-state index contributed by atoms with van der Waals surface area (Å²) in [7, 11) is 0. The number of thiophene rings is 1. The number of aromatic nitrogens is 1. The van der Waals surface area contributed by atoms with Crippen LogP contribution in [-0.2, 0) is 12.7 Å². The van der Waals surface area contributed by atoms with Crippen molar-refractivity contribution >= 4 is 27.3 Å². The summed E-state index contributed by atoms with van der Waals surface area (Å²) < 4.78 is 41.3. The van der Waals surface area contributed by atoms with Crippen molar-refractivity contribution in [1.82, 2.24) is 14.8 Å². The Kier molecular flexibility index (Phi) is 5.33. The number of alkyl halides is 3. The Bertz CT molecular complexity index is 1230. The van der Waals surface area contributed by atoms with Crippen molar-refractivity contribution in [1.29, 1.82) is 0 Å². The van der Waals surface area contributed by atoms with Crippen LogP contribution in [0.4, 0.5) is 13.2 Å². The Hall–Kier alpha value is -2.65. The Morgan fingerprint density at radius 3 is 2.78 bits per heavy atom. The van der Waals surface area contributed by atoms with Crippen molar-refractivity contribution in [2.75, 3.05) is 26.2 Å². The molecule has 2 bridgehead atoms. The number of halogens is 3. The molecule has 5 rings (SSSR count). The molecule has 3 aromatic rings. The van der Waals surface area contributed by atoms with Crippen molar-refractivity contribution in [2.45, 2.75) is 25.1 Å². The van der Waals surface area contributed by atoms with Gasteiger partial charge in [0, 0.05) is 55.1 Å². The van der Waals surface area contributed by atoms with Crippen LogP contribution in [0, 0.1) is 5.92 Å². The van der Waals surface area contributed by atoms with Gasteiger partial charge in [0.2, 0.25) is 0 Å². The second-order valence-electron chi connectivity index (χ2n) is 8.57. The summed E-state index contributed by atoms with van der Waals surface area (Å²) in [6.07, 6.45) is -3.33. The molecule has 2 atom stereocenters. The molecule has 2 aliphatic heterocycles. The van der Waals surface area contributed by atoms with Crippen LogP contribution in [0.2, 0.25) is 0 Å². The molecule has 0 saturated carbocycles. The van der Waals surface area contributed by atoms with E-state index in [0.717, 1.165) is 43.9 Å². The minimum atomic E-state index is -4.40. The first-order valence-electron chi connectivity index (χ1n) is 10.6. The van der Waals surface area contributed by atoms with Gasteiger partial charge in [-0.2, -0.15) is 13.2 Å². The van der Waals surface area contributed by atoms with Gasteiger partial charge in [0.15, 0.2) is 0 Å². The van der Waals surface area contributed by atoms with Gasteiger partial charge in [-0.05, 0) is 48.1 Å². The molecule has 9 heteroatoms. The number of amides is 1. The van der Waals surface area contributed by atoms with Gasteiger partial charge >= 0.3 is 6.18 Å². The van der Waals surface area contributed by atoms with Crippen LogP contribution >= 0.6 is 11.3 Å². The Balaban J connectivity index is 1.20. The quantitative estimate of drug-likeness (QED) is 0.641. The van der Waals surface area contributed by atoms with Gasteiger partial charge in [0.25, 0.3) is 11.5 Å². The number of nitrogens with zero attached hydrogens (tertiary/aromatic N) is 2. The summed E-state index contributed by atoms with van der Waals surface area (Å²) in [5, 5.41) is 3.32. The monoisotopic (exact) mass is 461 g/mol. The maximum absolute atomic E-state index is 12.9. The number of piperidine rings is 1. The maximum Gasteiger partial charge on any atom is 0.416 e. The molecule has 0 spiro atoms. The Labute approximate surface area is 186 Å². The molecule has 1 fully saturated rings. The largest absolute Gasteiger partial charge is 0.416 e. The molecule has 1 saturated heterocycles. The molecule has 32 heavy (non-hydrogen) atoms. The van der Waals surface area contributed by atoms with Crippen molar-refractivity contribution in [2.24, 2.45) is 5.92 Å². The van der Waals surface area contributed by atoms with Gasteiger partial charge in [-0.25, -0.2) is 0 Å². The van der Waals surface area contributed by atoms with Gasteiger partial charge in [0.05, 0.1) is 10.4 Å². The summed E-state index contributed by atoms with van der Waals surface area (Å²) in [6.45, 7) is 3.62. The van der Waals surface area contributed by atoms with E-state index in [1.807, 2.05) is 16.7 Å². The standard InChI is InChI=1S/C23H22F3N3O2S/c24-23(25,26)17-4-5-19-15(9-17)10-20(32-19)22(31)27-6-7-28-11-14-8-16(13-28)18-2-1-3-21(30)29(18)12-14/h1-5,9-10,14,16H,6-8,11-13H2,(H,27,31). The summed E-state index contributed by atoms with van der Waals surface area (Å²) >= 11 is 1.19. The number of hydrogen-bond donors (Lipinski definition) is 1. The van der Waals surface area contributed by atoms with Crippen LogP contribution in [0.15, 0.2) is 47.3 Å². The zero-order valence-corrected chi connectivity index (χ0v) is 18.0. The lowest BCUT2D eigenvalue weighted by atomic mass is 9.83. The highest BCUT2D eigenvalue weighted by Gasteiger charge is 2.34. The van der Waals surface area contributed by atoms with E-state index in [-0.39, 0.29) is 11.5 Å². The minimum absolute atomic E-state index is 0.0589. The van der Waals surface area contributed by atoms with Crippen LogP contribution in [-0.4, -0.2) is 41.6 Å². The summed E-state index contributed by atoms with van der Waals surface area (Å²) in [4.78, 5) is 27.4. The summed E-state index contributed by atoms with van der Waals surface area (Å²) in [5.41, 5.74) is 0.434. The predicted molar refractivity (Wildman–Crippen MR) is 117 cm³/mol. The number of hydrogen-bond acceptors (Lipinski definition) is 4. The lowest BCUT2D eigenvalue weighted by molar-refractivity contribution is -0.137. The number of rotatable bonds is 4. The first kappa shape index (κ1) is 21.2. The average molecular weight is 462 g/mol. The van der Waals surface area contributed by atoms with Crippen molar-refractivity contribution in [3.8, 4) is 0 Å². The van der Waals surface area contributed by atoms with E-state index >= 15 is 0 Å². The normalized spacial score (nSPS) is 20.8. The molecule has 2 unspecified atom stereocenters. The number of carbonyl (C=O) groups excluding carboxylic acids is 1. The molecule has 0 radical (unpaired) electrons. The topological polar surface area (TPSA) is 54.3 Å². The molecule has 1 aromatic carbocycles. The Morgan fingerprint density at radius 1 is 1.12 bits per heavy atom. The zero-order chi connectivity index (χ0) is 22.5. The lowest BCUT2D eigenvalue weighted by Gasteiger charge is -2.42. The highest BCUT2D eigenvalue weighted by molar-refractivity contribution is 7.20. The molecule has 168 valence electrons. The molecule has 4 heterocycles. The lowest BCUT2D eigenvalue weighted by Crippen LogP contribution is -2.48. The van der Waals surface area contributed by atoms with Crippen molar-refractivity contribution in [3.05, 3.63) is 69.0 Å². The van der Waals surface area contributed by atoms with E-state index in [9.17, 15) is 22.8 Å². The van der Waals surface area contributed by atoms with E-state index in [2.05, 4.69) is 10.2 Å². The SMILES string of the molecule is O=C(NCCN1CC2CC(C1)c1cccc(=O)n1C2)c1cc2cc(C(F)(F)F)ccc2s1. The maximum atomic E-state index is 12.9. The second kappa shape index (κ2) is 8.04. The first-order chi connectivity index (χ1) is 15.3. The molecule has 1 amide bonds. The molecule has 5 nitrogen and oxygen atoms in total. The Morgan fingerprint density at radius 2 is 1.97 bits per heavy atom. The van der Waals surface area contributed by atoms with Gasteiger partial charge in [0.1, 0.15) is 0 Å². The highest BCUT2D eigenvalue weighted by atomic mass is 32.1. The van der Waals surface area contributed by atoms with Crippen LogP contribution in [0.5, 0.6) is 0 Å². The van der Waals surface area contributed by atoms with E-state index in [4.69, 9.17) is 0 Å². The van der Waals surface area contributed by atoms with Crippen LogP contribution < -0.4 is 10.9 Å². The van der Waals surface area contributed by atoms with Crippen LogP contribution in [0.3, 0.4) is 0 Å². The number of carbonyl (C=O) groups is 1. The van der Waals surface area contributed by atoms with Gasteiger partial charge in [-0.3, -0.25) is 9.59 Å². The smallest absolute Gasteiger partial charge is 0.350 e. The first-order valence-corrected chi connectivity index (χ1v) is 11.4. The minimum Gasteiger partial charge on any atom is -0.350 e. The predicted octanol–water partition coefficient (Wildman–Crippen LogP) is 3.93. The number of pyridine rings is 1. The van der Waals surface area contributed by atoms with Crippen molar-refractivity contribution < 1.29 is 18.0 Å². The van der Waals surface area contributed by atoms with E-state index in [1.54, 1.807) is 6.07 Å². The highest BCUT2D eigenvalue weighted by Crippen LogP contribution is 2.35. The molecule has 2 aromatic heterocycles. The number of likely N-dealkylation sites (tertiary alicyclic amines) is 1. The molecular weight excluding hydrogens is 439 g/mol. The van der Waals surface area contributed by atoms with Gasteiger partial charge in [-0.1, -0.05) is 6.07 Å². The van der Waals surface area contributed by atoms with E-state index in [1.165, 1.54) is 23.5 Å². The number of fused-ring (bicyclic) bond motifs is 5. The molecule has 2 aliphatic rings. The molecule has 0 aliphatic carbocycles. The molecule has 1 N–H and O–H groups in total. The van der Waals surface area contributed by atoms with Crippen LogP contribution in [0.1, 0.15) is 33.3 Å². The fourth-order valence-electron chi connectivity index (χ4n) is 4.92. The zero-order valence-electron chi connectivity index (χ0n) is 17.2. The van der Waals surface area contributed by atoms with Gasteiger partial charge < -0.3 is 14.8 Å². The fraction of sp³-hybridized carbons (Fsp3) is 0.391.